The minimum absolute atomic E-state index is 0.0418. The van der Waals surface area contributed by atoms with E-state index in [-0.39, 0.29) is 17.2 Å². The van der Waals surface area contributed by atoms with Gasteiger partial charge in [-0.1, -0.05) is 32.9 Å². The van der Waals surface area contributed by atoms with Gasteiger partial charge in [-0.15, -0.1) is 0 Å². The largest absolute Gasteiger partial charge is 0.340 e. The minimum Gasteiger partial charge on any atom is -0.340 e. The molecule has 1 atom stereocenters. The van der Waals surface area contributed by atoms with Crippen molar-refractivity contribution >= 4 is 17.5 Å². The number of carbonyl (C=O) groups excluding carboxylic acids is 1. The molecule has 3 rings (SSSR count). The summed E-state index contributed by atoms with van der Waals surface area (Å²) in [5.41, 5.74) is 2.23. The number of piperidine rings is 1. The molecule has 1 fully saturated rings. The van der Waals surface area contributed by atoms with E-state index in [0.717, 1.165) is 25.1 Å². The maximum absolute atomic E-state index is 12.6. The van der Waals surface area contributed by atoms with Crippen molar-refractivity contribution in [3.05, 3.63) is 48.3 Å². The van der Waals surface area contributed by atoms with E-state index < -0.39 is 0 Å². The Balaban J connectivity index is 1.63. The summed E-state index contributed by atoms with van der Waals surface area (Å²) in [5, 5.41) is 3.06. The first-order chi connectivity index (χ1) is 11.9. The standard InChI is InChI=1S/C20H26N4O/c1-20(2,3)16-7-9-17(10-8-16)23-18(25)15-6-4-13-24(14-15)19-21-11-5-12-22-19/h5,7-12,15H,4,6,13-14H2,1-3H3,(H,23,25). The third kappa shape index (κ3) is 4.35. The van der Waals surface area contributed by atoms with Crippen LogP contribution in [0.25, 0.3) is 0 Å². The van der Waals surface area contributed by atoms with E-state index in [9.17, 15) is 4.79 Å². The van der Waals surface area contributed by atoms with Gasteiger partial charge in [-0.2, -0.15) is 0 Å². The number of benzene rings is 1. The van der Waals surface area contributed by atoms with Crippen molar-refractivity contribution < 1.29 is 4.79 Å². The summed E-state index contributed by atoms with van der Waals surface area (Å²) < 4.78 is 0. The maximum Gasteiger partial charge on any atom is 0.229 e. The Morgan fingerprint density at radius 2 is 1.84 bits per heavy atom. The molecular formula is C20H26N4O. The minimum atomic E-state index is -0.0418. The second-order valence-electron chi connectivity index (χ2n) is 7.65. The first-order valence-electron chi connectivity index (χ1n) is 8.87. The number of hydrogen-bond acceptors (Lipinski definition) is 4. The highest BCUT2D eigenvalue weighted by Crippen LogP contribution is 2.25. The zero-order valence-corrected chi connectivity index (χ0v) is 15.2. The monoisotopic (exact) mass is 338 g/mol. The van der Waals surface area contributed by atoms with Gasteiger partial charge in [0.25, 0.3) is 0 Å². The zero-order valence-electron chi connectivity index (χ0n) is 15.2. The molecule has 0 spiro atoms. The summed E-state index contributed by atoms with van der Waals surface area (Å²) in [7, 11) is 0. The van der Waals surface area contributed by atoms with Crippen LogP contribution < -0.4 is 10.2 Å². The van der Waals surface area contributed by atoms with E-state index >= 15 is 0 Å². The Hall–Kier alpha value is -2.43. The number of aromatic nitrogens is 2. The SMILES string of the molecule is CC(C)(C)c1ccc(NC(=O)C2CCCN(c3ncccn3)C2)cc1. The lowest BCUT2D eigenvalue weighted by Gasteiger charge is -2.31. The van der Waals surface area contributed by atoms with Crippen LogP contribution in [0.1, 0.15) is 39.2 Å². The maximum atomic E-state index is 12.6. The smallest absolute Gasteiger partial charge is 0.229 e. The number of hydrogen-bond donors (Lipinski definition) is 1. The number of carbonyl (C=O) groups is 1. The van der Waals surface area contributed by atoms with E-state index in [2.05, 4.69) is 53.1 Å². The van der Waals surface area contributed by atoms with Crippen molar-refractivity contribution in [3.63, 3.8) is 0 Å². The van der Waals surface area contributed by atoms with Crippen molar-refractivity contribution in [3.8, 4) is 0 Å². The van der Waals surface area contributed by atoms with Gasteiger partial charge in [0.15, 0.2) is 0 Å². The summed E-state index contributed by atoms with van der Waals surface area (Å²) in [6.07, 6.45) is 5.35. The average molecular weight is 338 g/mol. The van der Waals surface area contributed by atoms with Gasteiger partial charge in [-0.25, -0.2) is 9.97 Å². The average Bonchev–Trinajstić information content (AvgIpc) is 2.62. The molecule has 5 nitrogen and oxygen atoms in total. The van der Waals surface area contributed by atoms with E-state index in [1.165, 1.54) is 5.56 Å². The Labute approximate surface area is 149 Å². The van der Waals surface area contributed by atoms with Crippen molar-refractivity contribution in [1.82, 2.24) is 9.97 Å². The van der Waals surface area contributed by atoms with Crippen LogP contribution in [0, 0.1) is 5.92 Å². The molecule has 0 aliphatic carbocycles. The summed E-state index contributed by atoms with van der Waals surface area (Å²) >= 11 is 0. The molecule has 2 heterocycles. The highest BCUT2D eigenvalue weighted by Gasteiger charge is 2.27. The predicted octanol–water partition coefficient (Wildman–Crippen LogP) is 3.63. The fraction of sp³-hybridized carbons (Fsp3) is 0.450. The topological polar surface area (TPSA) is 58.1 Å². The third-order valence-corrected chi connectivity index (χ3v) is 4.65. The fourth-order valence-corrected chi connectivity index (χ4v) is 3.13. The Kier molecular flexibility index (Phi) is 5.02. The molecule has 5 heteroatoms. The second-order valence-corrected chi connectivity index (χ2v) is 7.65. The summed E-state index contributed by atoms with van der Waals surface area (Å²) in [4.78, 5) is 23.3. The molecule has 1 aromatic heterocycles. The predicted molar refractivity (Wildman–Crippen MR) is 101 cm³/mol. The summed E-state index contributed by atoms with van der Waals surface area (Å²) in [6.45, 7) is 8.11. The molecule has 1 aliphatic heterocycles. The first-order valence-corrected chi connectivity index (χ1v) is 8.87. The Morgan fingerprint density at radius 3 is 2.48 bits per heavy atom. The van der Waals surface area contributed by atoms with E-state index in [1.54, 1.807) is 18.5 Å². The lowest BCUT2D eigenvalue weighted by atomic mass is 9.87. The summed E-state index contributed by atoms with van der Waals surface area (Å²) in [5.74, 6) is 0.735. The van der Waals surface area contributed by atoms with Crippen LogP contribution >= 0.6 is 0 Å². The fourth-order valence-electron chi connectivity index (χ4n) is 3.13. The number of anilines is 2. The van der Waals surface area contributed by atoms with Gasteiger partial charge >= 0.3 is 0 Å². The molecule has 0 saturated carbocycles. The molecule has 25 heavy (non-hydrogen) atoms. The first kappa shape index (κ1) is 17.4. The molecule has 2 aromatic rings. The molecule has 1 unspecified atom stereocenters. The molecule has 0 bridgehead atoms. The zero-order chi connectivity index (χ0) is 17.9. The molecular weight excluding hydrogens is 312 g/mol. The van der Waals surface area contributed by atoms with E-state index in [0.29, 0.717) is 12.5 Å². The van der Waals surface area contributed by atoms with Crippen molar-refractivity contribution in [2.75, 3.05) is 23.3 Å². The summed E-state index contributed by atoms with van der Waals surface area (Å²) in [6, 6.07) is 9.94. The van der Waals surface area contributed by atoms with Gasteiger partial charge in [0.1, 0.15) is 0 Å². The quantitative estimate of drug-likeness (QED) is 0.928. The van der Waals surface area contributed by atoms with Crippen LogP contribution in [-0.2, 0) is 10.2 Å². The van der Waals surface area contributed by atoms with Crippen LogP contribution in [-0.4, -0.2) is 29.0 Å². The number of amides is 1. The van der Waals surface area contributed by atoms with Gasteiger partial charge in [-0.3, -0.25) is 4.79 Å². The molecule has 132 valence electrons. The van der Waals surface area contributed by atoms with Crippen LogP contribution in [0.3, 0.4) is 0 Å². The van der Waals surface area contributed by atoms with Crippen molar-refractivity contribution in [2.45, 2.75) is 39.0 Å². The number of nitrogens with zero attached hydrogens (tertiary/aromatic N) is 3. The number of rotatable bonds is 3. The van der Waals surface area contributed by atoms with Crippen LogP contribution in [0.4, 0.5) is 11.6 Å². The van der Waals surface area contributed by atoms with Crippen LogP contribution in [0.2, 0.25) is 0 Å². The van der Waals surface area contributed by atoms with Crippen molar-refractivity contribution in [2.24, 2.45) is 5.92 Å². The molecule has 1 amide bonds. The lowest BCUT2D eigenvalue weighted by Crippen LogP contribution is -2.41. The lowest BCUT2D eigenvalue weighted by molar-refractivity contribution is -0.120. The molecule has 1 aliphatic rings. The molecule has 1 aromatic carbocycles. The van der Waals surface area contributed by atoms with E-state index in [1.807, 2.05) is 12.1 Å². The van der Waals surface area contributed by atoms with Gasteiger partial charge < -0.3 is 10.2 Å². The highest BCUT2D eigenvalue weighted by atomic mass is 16.1. The molecule has 1 N–H and O–H groups in total. The van der Waals surface area contributed by atoms with Gasteiger partial charge in [0, 0.05) is 31.2 Å². The Bertz CT molecular complexity index is 707. The number of nitrogens with one attached hydrogen (secondary N) is 1. The molecule has 0 radical (unpaired) electrons. The van der Waals surface area contributed by atoms with Gasteiger partial charge in [0.05, 0.1) is 5.92 Å². The second kappa shape index (κ2) is 7.21. The van der Waals surface area contributed by atoms with Gasteiger partial charge in [0.2, 0.25) is 11.9 Å². The third-order valence-electron chi connectivity index (χ3n) is 4.65. The van der Waals surface area contributed by atoms with Gasteiger partial charge in [-0.05, 0) is 42.0 Å². The van der Waals surface area contributed by atoms with Crippen molar-refractivity contribution in [1.29, 1.82) is 0 Å². The molecule has 1 saturated heterocycles. The highest BCUT2D eigenvalue weighted by molar-refractivity contribution is 5.93. The Morgan fingerprint density at radius 1 is 1.16 bits per heavy atom. The van der Waals surface area contributed by atoms with Crippen LogP contribution in [0.15, 0.2) is 42.7 Å². The normalized spacial score (nSPS) is 18.0. The van der Waals surface area contributed by atoms with Crippen LogP contribution in [0.5, 0.6) is 0 Å². The van der Waals surface area contributed by atoms with E-state index in [4.69, 9.17) is 0 Å².